The summed E-state index contributed by atoms with van der Waals surface area (Å²) in [6.45, 7) is 5.33. The highest BCUT2D eigenvalue weighted by atomic mass is 32.2. The van der Waals surface area contributed by atoms with E-state index in [4.69, 9.17) is 4.74 Å². The second-order valence-electron chi connectivity index (χ2n) is 7.73. The summed E-state index contributed by atoms with van der Waals surface area (Å²) in [6, 6.07) is 14.5. The van der Waals surface area contributed by atoms with Crippen LogP contribution in [0.2, 0.25) is 0 Å². The molecule has 0 aliphatic carbocycles. The van der Waals surface area contributed by atoms with Crippen LogP contribution in [0.5, 0.6) is 5.75 Å². The first-order valence-electron chi connectivity index (χ1n) is 10.3. The fourth-order valence-electron chi connectivity index (χ4n) is 4.02. The van der Waals surface area contributed by atoms with Crippen LogP contribution in [0.1, 0.15) is 16.7 Å². The zero-order chi connectivity index (χ0) is 20.1. The van der Waals surface area contributed by atoms with E-state index in [-0.39, 0.29) is 5.91 Å². The first-order valence-corrected chi connectivity index (χ1v) is 11.4. The lowest BCUT2D eigenvalue weighted by molar-refractivity contribution is -0.117. The Bertz CT molecular complexity index is 852. The number of anilines is 1. The summed E-state index contributed by atoms with van der Waals surface area (Å²) >= 11 is 2.02. The van der Waals surface area contributed by atoms with Gasteiger partial charge in [0.15, 0.2) is 0 Å². The molecular weight excluding hydrogens is 382 g/mol. The van der Waals surface area contributed by atoms with Crippen LogP contribution in [-0.4, -0.2) is 60.5 Å². The molecule has 29 heavy (non-hydrogen) atoms. The first kappa shape index (κ1) is 20.3. The second-order valence-corrected chi connectivity index (χ2v) is 8.96. The fraction of sp³-hybridized carbons (Fsp3) is 0.435. The van der Waals surface area contributed by atoms with Crippen LogP contribution in [0.25, 0.3) is 0 Å². The minimum absolute atomic E-state index is 0.0443. The van der Waals surface area contributed by atoms with Gasteiger partial charge in [-0.05, 0) is 47.4 Å². The zero-order valence-electron chi connectivity index (χ0n) is 17.0. The molecule has 2 aliphatic rings. The summed E-state index contributed by atoms with van der Waals surface area (Å²) < 4.78 is 5.34. The average Bonchev–Trinajstić information content (AvgIpc) is 2.74. The van der Waals surface area contributed by atoms with E-state index in [9.17, 15) is 4.79 Å². The first-order chi connectivity index (χ1) is 14.2. The Morgan fingerprint density at radius 2 is 1.93 bits per heavy atom. The number of hydrogen-bond acceptors (Lipinski definition) is 5. The molecule has 2 aliphatic heterocycles. The maximum Gasteiger partial charge on any atom is 0.238 e. The van der Waals surface area contributed by atoms with Crippen LogP contribution in [-0.2, 0) is 24.3 Å². The van der Waals surface area contributed by atoms with Crippen molar-refractivity contribution in [2.45, 2.75) is 19.5 Å². The number of methoxy groups -OCH3 is 1. The number of amides is 1. The third kappa shape index (κ3) is 5.53. The Morgan fingerprint density at radius 3 is 2.76 bits per heavy atom. The summed E-state index contributed by atoms with van der Waals surface area (Å²) in [5, 5.41) is 3.09. The normalized spacial score (nSPS) is 17.6. The molecule has 4 rings (SSSR count). The molecule has 2 heterocycles. The highest BCUT2D eigenvalue weighted by Gasteiger charge is 2.19. The van der Waals surface area contributed by atoms with E-state index in [1.807, 2.05) is 30.0 Å². The quantitative estimate of drug-likeness (QED) is 0.791. The average molecular weight is 412 g/mol. The number of nitrogens with one attached hydrogen (secondary N) is 1. The van der Waals surface area contributed by atoms with Crippen LogP contribution in [0, 0.1) is 0 Å². The van der Waals surface area contributed by atoms with Gasteiger partial charge in [0.05, 0.1) is 13.7 Å². The molecule has 0 atom stereocenters. The van der Waals surface area contributed by atoms with Gasteiger partial charge in [-0.1, -0.05) is 18.2 Å². The molecule has 0 spiro atoms. The van der Waals surface area contributed by atoms with Gasteiger partial charge in [-0.3, -0.25) is 14.6 Å². The third-order valence-electron chi connectivity index (χ3n) is 5.59. The second kappa shape index (κ2) is 9.65. The Balaban J connectivity index is 1.32. The monoisotopic (exact) mass is 411 g/mol. The number of hydrogen-bond donors (Lipinski definition) is 1. The van der Waals surface area contributed by atoms with Crippen LogP contribution < -0.4 is 10.1 Å². The molecule has 154 valence electrons. The molecule has 1 amide bonds. The van der Waals surface area contributed by atoms with Gasteiger partial charge in [-0.15, -0.1) is 0 Å². The van der Waals surface area contributed by atoms with Gasteiger partial charge in [0.1, 0.15) is 5.75 Å². The van der Waals surface area contributed by atoms with Crippen molar-refractivity contribution in [3.05, 3.63) is 59.2 Å². The van der Waals surface area contributed by atoms with Gasteiger partial charge >= 0.3 is 0 Å². The van der Waals surface area contributed by atoms with Crippen LogP contribution in [0.4, 0.5) is 5.69 Å². The minimum Gasteiger partial charge on any atom is -0.497 e. The van der Waals surface area contributed by atoms with E-state index in [0.717, 1.165) is 50.6 Å². The number of carbonyl (C=O) groups excluding carboxylic acids is 1. The highest BCUT2D eigenvalue weighted by Crippen LogP contribution is 2.24. The van der Waals surface area contributed by atoms with Crippen molar-refractivity contribution in [2.75, 3.05) is 50.1 Å². The molecule has 2 aromatic rings. The molecule has 0 aromatic heterocycles. The van der Waals surface area contributed by atoms with E-state index >= 15 is 0 Å². The number of rotatable bonds is 6. The largest absolute Gasteiger partial charge is 0.497 e. The van der Waals surface area contributed by atoms with Crippen LogP contribution in [0.3, 0.4) is 0 Å². The van der Waals surface area contributed by atoms with Crippen LogP contribution >= 0.6 is 11.8 Å². The lowest BCUT2D eigenvalue weighted by Crippen LogP contribution is -2.37. The van der Waals surface area contributed by atoms with E-state index in [1.165, 1.54) is 28.2 Å². The number of carbonyl (C=O) groups is 1. The molecule has 1 fully saturated rings. The van der Waals surface area contributed by atoms with Crippen molar-refractivity contribution in [3.8, 4) is 5.75 Å². The molecule has 6 heteroatoms. The number of ether oxygens (including phenoxy) is 1. The van der Waals surface area contributed by atoms with E-state index < -0.39 is 0 Å². The number of nitrogens with zero attached hydrogens (tertiary/aromatic N) is 2. The third-order valence-corrected chi connectivity index (χ3v) is 6.54. The molecule has 5 nitrogen and oxygen atoms in total. The minimum atomic E-state index is 0.0443. The molecule has 0 unspecified atom stereocenters. The summed E-state index contributed by atoms with van der Waals surface area (Å²) in [6.07, 6.45) is 0.968. The summed E-state index contributed by atoms with van der Waals surface area (Å²) in [5.41, 5.74) is 4.75. The summed E-state index contributed by atoms with van der Waals surface area (Å²) in [7, 11) is 1.69. The summed E-state index contributed by atoms with van der Waals surface area (Å²) in [4.78, 5) is 17.3. The zero-order valence-corrected chi connectivity index (χ0v) is 17.8. The van der Waals surface area contributed by atoms with Crippen molar-refractivity contribution in [1.29, 1.82) is 0 Å². The van der Waals surface area contributed by atoms with Gasteiger partial charge in [0.25, 0.3) is 0 Å². The predicted octanol–water partition coefficient (Wildman–Crippen LogP) is 3.24. The van der Waals surface area contributed by atoms with Crippen molar-refractivity contribution in [3.63, 3.8) is 0 Å². The lowest BCUT2D eigenvalue weighted by atomic mass is 9.99. The van der Waals surface area contributed by atoms with Gasteiger partial charge in [0, 0.05) is 49.9 Å². The predicted molar refractivity (Wildman–Crippen MR) is 120 cm³/mol. The van der Waals surface area contributed by atoms with E-state index in [1.54, 1.807) is 7.11 Å². The Kier molecular flexibility index (Phi) is 6.74. The van der Waals surface area contributed by atoms with Gasteiger partial charge in [-0.2, -0.15) is 11.8 Å². The van der Waals surface area contributed by atoms with Gasteiger partial charge in [0.2, 0.25) is 5.91 Å². The van der Waals surface area contributed by atoms with E-state index in [0.29, 0.717) is 6.54 Å². The fourth-order valence-corrected chi connectivity index (χ4v) is 5.00. The summed E-state index contributed by atoms with van der Waals surface area (Å²) in [5.74, 6) is 3.34. The number of thioether (sulfide) groups is 1. The number of fused-ring (bicyclic) bond motifs is 1. The standard InChI is InChI=1S/C23H29N3O2S/c1-28-22-6-5-19-7-8-26(16-20(19)14-22)17-23(27)24-21-4-2-3-18(13-21)15-25-9-11-29-12-10-25/h2-6,13-14H,7-12,15-17H2,1H3,(H,24,27). The van der Waals surface area contributed by atoms with Crippen molar-refractivity contribution < 1.29 is 9.53 Å². The highest BCUT2D eigenvalue weighted by molar-refractivity contribution is 7.99. The molecule has 0 saturated carbocycles. The van der Waals surface area contributed by atoms with Crippen molar-refractivity contribution in [1.82, 2.24) is 9.80 Å². The Morgan fingerprint density at radius 1 is 1.07 bits per heavy atom. The SMILES string of the molecule is COc1ccc2c(c1)CN(CC(=O)Nc1cccc(CN3CCSCC3)c1)CC2. The number of benzene rings is 2. The molecule has 1 saturated heterocycles. The molecule has 0 radical (unpaired) electrons. The van der Waals surface area contributed by atoms with Crippen molar-refractivity contribution in [2.24, 2.45) is 0 Å². The van der Waals surface area contributed by atoms with Crippen molar-refractivity contribution >= 4 is 23.4 Å². The molecule has 0 bridgehead atoms. The maximum atomic E-state index is 12.6. The smallest absolute Gasteiger partial charge is 0.238 e. The Hall–Kier alpha value is -2.02. The van der Waals surface area contributed by atoms with Gasteiger partial charge in [-0.25, -0.2) is 0 Å². The Labute approximate surface area is 177 Å². The maximum absolute atomic E-state index is 12.6. The molecule has 1 N–H and O–H groups in total. The molecular formula is C23H29N3O2S. The van der Waals surface area contributed by atoms with E-state index in [2.05, 4.69) is 39.4 Å². The lowest BCUT2D eigenvalue weighted by Gasteiger charge is -2.28. The van der Waals surface area contributed by atoms with Crippen LogP contribution in [0.15, 0.2) is 42.5 Å². The molecule has 2 aromatic carbocycles. The van der Waals surface area contributed by atoms with Gasteiger partial charge < -0.3 is 10.1 Å². The topological polar surface area (TPSA) is 44.8 Å².